The molecule has 0 bridgehead atoms. The Kier molecular flexibility index (Phi) is 114. The van der Waals surface area contributed by atoms with Gasteiger partial charge in [-0.2, -0.15) is 12.8 Å². The Labute approximate surface area is 99.6 Å². The number of unbranched alkanes of at least 4 members (excludes halogenated alkanes) is 2. The van der Waals surface area contributed by atoms with Crippen molar-refractivity contribution in [1.29, 1.82) is 0 Å². The van der Waals surface area contributed by atoms with Crippen LogP contribution in [0.4, 0.5) is 0 Å². The van der Waals surface area contributed by atoms with E-state index in [0.29, 0.717) is 0 Å². The van der Waals surface area contributed by atoms with E-state index in [9.17, 15) is 0 Å². The van der Waals surface area contributed by atoms with E-state index in [4.69, 9.17) is 0 Å². The Morgan fingerprint density at radius 2 is 0.909 bits per heavy atom. The monoisotopic (exact) mass is 244 g/mol. The van der Waals surface area contributed by atoms with Crippen molar-refractivity contribution in [3.8, 4) is 0 Å². The fourth-order valence-electron chi connectivity index (χ4n) is 0. The minimum atomic E-state index is 0. The summed E-state index contributed by atoms with van der Waals surface area (Å²) in [6.45, 7) is 11.4. The summed E-state index contributed by atoms with van der Waals surface area (Å²) in [4.78, 5) is 0. The van der Waals surface area contributed by atoms with Gasteiger partial charge in [0.25, 0.3) is 0 Å². The van der Waals surface area contributed by atoms with Crippen LogP contribution in [0.3, 0.4) is 0 Å². The summed E-state index contributed by atoms with van der Waals surface area (Å²) in [5.41, 5.74) is 0. The van der Waals surface area contributed by atoms with Gasteiger partial charge in [0.2, 0.25) is 0 Å². The molecule has 3 heteroatoms. The van der Waals surface area contributed by atoms with Gasteiger partial charge in [-0.3, -0.25) is 0 Å². The first-order valence-electron chi connectivity index (χ1n) is 3.41. The van der Waals surface area contributed by atoms with Crippen LogP contribution in [-0.4, -0.2) is 0 Å². The summed E-state index contributed by atoms with van der Waals surface area (Å²) in [7, 11) is 0. The van der Waals surface area contributed by atoms with E-state index in [1.807, 2.05) is 0 Å². The van der Waals surface area contributed by atoms with Crippen LogP contribution < -0.4 is 0 Å². The summed E-state index contributed by atoms with van der Waals surface area (Å²) in [6, 6.07) is 0. The van der Waals surface area contributed by atoms with Crippen molar-refractivity contribution >= 4 is 27.0 Å². The van der Waals surface area contributed by atoms with Crippen LogP contribution in [0.1, 0.15) is 39.5 Å². The van der Waals surface area contributed by atoms with Gasteiger partial charge in [-0.15, -0.1) is 0 Å². The molecule has 70 valence electrons. The molecule has 0 N–H and O–H groups in total. The second-order valence-electron chi connectivity index (χ2n) is 1.71. The Hall–Kier alpha value is 1.32. The maximum Gasteiger partial charge on any atom is 0 e. The van der Waals surface area contributed by atoms with Crippen LogP contribution in [-0.2, 0) is 46.5 Å². The molecule has 0 fully saturated rings. The van der Waals surface area contributed by atoms with Crippen LogP contribution in [0.2, 0.25) is 0 Å². The fourth-order valence-corrected chi connectivity index (χ4v) is 0. The first-order valence-corrected chi connectivity index (χ1v) is 3.41. The quantitative estimate of drug-likeness (QED) is 0.318. The van der Waals surface area contributed by atoms with Crippen molar-refractivity contribution in [3.05, 3.63) is 13.8 Å². The molecule has 0 saturated carbocycles. The van der Waals surface area contributed by atoms with Crippen LogP contribution in [0.15, 0.2) is 0 Å². The van der Waals surface area contributed by atoms with E-state index in [-0.39, 0.29) is 46.5 Å². The maximum absolute atomic E-state index is 3.60. The second-order valence-corrected chi connectivity index (χ2v) is 1.71. The first kappa shape index (κ1) is 29.5. The molecule has 0 amide bonds. The minimum Gasteiger partial charge on any atom is -0.813 e. The Balaban J connectivity index is -0.0000000171. The standard InChI is InChI=1S/2C4H9.2H2S.Zn/c2*1-3-4-2;;;/h2*1,3-4H2,2H3;2*1H2;/q2*-1;;;/p-2. The van der Waals surface area contributed by atoms with Gasteiger partial charge in [0.1, 0.15) is 0 Å². The third-order valence-electron chi connectivity index (χ3n) is 0.707. The summed E-state index contributed by atoms with van der Waals surface area (Å²) in [6.07, 6.45) is 4.56. The number of hydrogen-bond acceptors (Lipinski definition) is 2. The van der Waals surface area contributed by atoms with Crippen LogP contribution >= 0.6 is 0 Å². The van der Waals surface area contributed by atoms with Crippen molar-refractivity contribution in [3.63, 3.8) is 0 Å². The first-order chi connectivity index (χ1) is 3.83. The van der Waals surface area contributed by atoms with Gasteiger partial charge in [-0.05, 0) is 0 Å². The molecule has 11 heavy (non-hydrogen) atoms. The second kappa shape index (κ2) is 42.6. The van der Waals surface area contributed by atoms with Gasteiger partial charge in [0, 0.05) is 19.5 Å². The van der Waals surface area contributed by atoms with Crippen LogP contribution in [0.5, 0.6) is 0 Å². The molecule has 0 aliphatic carbocycles. The zero-order chi connectivity index (χ0) is 6.83. The third kappa shape index (κ3) is 89.1. The molecule has 0 aliphatic rings. The number of rotatable bonds is 2. The van der Waals surface area contributed by atoms with Gasteiger partial charge < -0.3 is 40.8 Å². The summed E-state index contributed by atoms with van der Waals surface area (Å²) >= 11 is 0. The molecule has 0 rings (SSSR count). The van der Waals surface area contributed by atoms with Crippen LogP contribution in [0, 0.1) is 13.8 Å². The average Bonchev–Trinajstić information content (AvgIpc) is 1.88. The smallest absolute Gasteiger partial charge is 0 e. The SMILES string of the molecule is [CH2-]CCC.[CH2-]CCC.[SH-].[SH-].[Zn]. The van der Waals surface area contributed by atoms with E-state index in [1.54, 1.807) is 0 Å². The molecule has 0 aromatic carbocycles. The normalized spacial score (nSPS) is 5.45. The molecule has 0 saturated heterocycles. The number of hydrogen-bond donors (Lipinski definition) is 0. The van der Waals surface area contributed by atoms with Gasteiger partial charge in [0.05, 0.1) is 0 Å². The van der Waals surface area contributed by atoms with E-state index in [2.05, 4.69) is 27.7 Å². The van der Waals surface area contributed by atoms with Crippen LogP contribution in [0.25, 0.3) is 0 Å². The van der Waals surface area contributed by atoms with Gasteiger partial charge in [-0.25, -0.2) is 0 Å². The van der Waals surface area contributed by atoms with E-state index < -0.39 is 0 Å². The molecular formula is C8H20S2Zn-4. The van der Waals surface area contributed by atoms with Gasteiger partial charge in [-0.1, -0.05) is 26.7 Å². The largest absolute Gasteiger partial charge is 0.813 e. The van der Waals surface area contributed by atoms with Crippen molar-refractivity contribution in [2.45, 2.75) is 39.5 Å². The number of thiol groups is 2. The third-order valence-corrected chi connectivity index (χ3v) is 0.707. The zero-order valence-corrected chi connectivity index (χ0v) is 12.6. The Morgan fingerprint density at radius 1 is 0.818 bits per heavy atom. The average molecular weight is 246 g/mol. The molecular weight excluding hydrogens is 226 g/mol. The topological polar surface area (TPSA) is 0 Å². The molecule has 0 heterocycles. The molecule has 0 aliphatic heterocycles. The minimum absolute atomic E-state index is 0. The van der Waals surface area contributed by atoms with Gasteiger partial charge in [0.15, 0.2) is 0 Å². The summed E-state index contributed by atoms with van der Waals surface area (Å²) in [5.74, 6) is 0. The zero-order valence-electron chi connectivity index (χ0n) is 7.84. The summed E-state index contributed by atoms with van der Waals surface area (Å²) in [5, 5.41) is 0. The summed E-state index contributed by atoms with van der Waals surface area (Å²) < 4.78 is 0. The molecule has 0 unspecified atom stereocenters. The maximum atomic E-state index is 3.60. The van der Waals surface area contributed by atoms with Crippen molar-refractivity contribution in [1.82, 2.24) is 0 Å². The van der Waals surface area contributed by atoms with E-state index in [0.717, 1.165) is 12.8 Å². The molecule has 0 spiro atoms. The van der Waals surface area contributed by atoms with E-state index >= 15 is 0 Å². The predicted molar refractivity (Wildman–Crippen MR) is 58.1 cm³/mol. The predicted octanol–water partition coefficient (Wildman–Crippen LogP) is 2.70. The van der Waals surface area contributed by atoms with E-state index in [1.165, 1.54) is 12.8 Å². The Morgan fingerprint density at radius 3 is 0.909 bits per heavy atom. The van der Waals surface area contributed by atoms with Gasteiger partial charge >= 0.3 is 0 Å². The van der Waals surface area contributed by atoms with Crippen molar-refractivity contribution < 1.29 is 19.5 Å². The molecule has 0 radical (unpaired) electrons. The Bertz CT molecular complexity index is 20.1. The molecule has 0 nitrogen and oxygen atoms in total. The molecule has 0 aromatic rings. The van der Waals surface area contributed by atoms with Crippen molar-refractivity contribution in [2.75, 3.05) is 0 Å². The van der Waals surface area contributed by atoms with Crippen molar-refractivity contribution in [2.24, 2.45) is 0 Å². The molecule has 0 aromatic heterocycles. The molecule has 0 atom stereocenters. The fraction of sp³-hybridized carbons (Fsp3) is 0.750.